The summed E-state index contributed by atoms with van der Waals surface area (Å²) in [6.07, 6.45) is -3.69. The number of sulfonamides is 1. The third-order valence-corrected chi connectivity index (χ3v) is 7.15. The number of halogens is 3. The number of alkyl halides is 3. The molecule has 178 valence electrons. The molecule has 1 saturated heterocycles. The highest BCUT2D eigenvalue weighted by atomic mass is 32.2. The average Bonchev–Trinajstić information content (AvgIpc) is 3.09. The molecule has 0 saturated carbocycles. The molecule has 4 rings (SSSR count). The number of hydrogen-bond acceptors (Lipinski definition) is 5. The van der Waals surface area contributed by atoms with E-state index in [1.165, 1.54) is 30.3 Å². The summed E-state index contributed by atoms with van der Waals surface area (Å²) in [5, 5.41) is 8.91. The van der Waals surface area contributed by atoms with Crippen LogP contribution < -0.4 is 0 Å². The molecule has 0 bridgehead atoms. The van der Waals surface area contributed by atoms with Gasteiger partial charge in [0, 0.05) is 25.2 Å². The molecule has 7 nitrogen and oxygen atoms in total. The number of piperidine rings is 1. The molecule has 11 heteroatoms. The number of nitrogens with zero attached hydrogens (tertiary/aromatic N) is 4. The highest BCUT2D eigenvalue weighted by molar-refractivity contribution is 7.90. The van der Waals surface area contributed by atoms with Crippen LogP contribution in [0.1, 0.15) is 29.5 Å². The Morgan fingerprint density at radius 3 is 2.56 bits per heavy atom. The molecule has 0 radical (unpaired) electrons. The van der Waals surface area contributed by atoms with Crippen LogP contribution in [-0.2, 0) is 21.4 Å². The fourth-order valence-electron chi connectivity index (χ4n) is 4.28. The van der Waals surface area contributed by atoms with Gasteiger partial charge in [-0.05, 0) is 42.7 Å². The predicted molar refractivity (Wildman–Crippen MR) is 117 cm³/mol. The molecule has 1 fully saturated rings. The van der Waals surface area contributed by atoms with Gasteiger partial charge in [0.1, 0.15) is 11.4 Å². The highest BCUT2D eigenvalue weighted by Crippen LogP contribution is 2.31. The van der Waals surface area contributed by atoms with E-state index in [4.69, 9.17) is 5.26 Å². The van der Waals surface area contributed by atoms with Crippen molar-refractivity contribution in [2.75, 3.05) is 19.6 Å². The van der Waals surface area contributed by atoms with Crippen LogP contribution in [0.4, 0.5) is 13.2 Å². The molecule has 1 atom stereocenters. The predicted octanol–water partition coefficient (Wildman–Crippen LogP) is 3.31. The van der Waals surface area contributed by atoms with Crippen LogP contribution in [-0.4, -0.2) is 55.8 Å². The number of benzene rings is 2. The molecule has 2 heterocycles. The molecule has 0 aromatic heterocycles. The molecule has 0 aliphatic carbocycles. The summed E-state index contributed by atoms with van der Waals surface area (Å²) in [6.45, 7) is -1.14. The van der Waals surface area contributed by atoms with Crippen molar-refractivity contribution in [3.8, 4) is 6.07 Å². The smallest absolute Gasteiger partial charge is 0.355 e. The zero-order chi connectivity index (χ0) is 24.5. The van der Waals surface area contributed by atoms with Crippen molar-refractivity contribution in [2.45, 2.75) is 30.5 Å². The van der Waals surface area contributed by atoms with Crippen LogP contribution in [0.3, 0.4) is 0 Å². The van der Waals surface area contributed by atoms with Crippen LogP contribution in [0.2, 0.25) is 0 Å². The van der Waals surface area contributed by atoms with E-state index in [1.807, 2.05) is 6.07 Å². The Kier molecular flexibility index (Phi) is 6.36. The summed E-state index contributed by atoms with van der Waals surface area (Å²) in [5.74, 6) is -1.17. The van der Waals surface area contributed by atoms with Crippen molar-refractivity contribution < 1.29 is 26.4 Å². The van der Waals surface area contributed by atoms with Gasteiger partial charge in [0.25, 0.3) is 10.0 Å². The fraction of sp³-hybridized carbons (Fsp3) is 0.348. The Bertz CT molecular complexity index is 1270. The van der Waals surface area contributed by atoms with Gasteiger partial charge in [0.15, 0.2) is 5.84 Å². The lowest BCUT2D eigenvalue weighted by Gasteiger charge is -2.36. The summed E-state index contributed by atoms with van der Waals surface area (Å²) in [5.41, 5.74) is 1.28. The Morgan fingerprint density at radius 2 is 1.88 bits per heavy atom. The van der Waals surface area contributed by atoms with Crippen LogP contribution >= 0.6 is 0 Å². The van der Waals surface area contributed by atoms with Crippen molar-refractivity contribution in [3.05, 3.63) is 65.2 Å². The fourth-order valence-corrected chi connectivity index (χ4v) is 5.51. The maximum Gasteiger partial charge on any atom is 0.406 e. The van der Waals surface area contributed by atoms with Crippen LogP contribution in [0.15, 0.2) is 57.8 Å². The van der Waals surface area contributed by atoms with E-state index in [9.17, 15) is 26.4 Å². The SMILES string of the molecule is N#Cc1ccc(CN(CC(F)(F)F)C(=O)C2CCCN(C3=NS(=O)(=O)c4ccccc43)C2)cc1. The van der Waals surface area contributed by atoms with Gasteiger partial charge in [-0.2, -0.15) is 26.9 Å². The number of hydrogen-bond donors (Lipinski definition) is 0. The third-order valence-electron chi connectivity index (χ3n) is 5.82. The van der Waals surface area contributed by atoms with E-state index in [0.29, 0.717) is 36.1 Å². The Morgan fingerprint density at radius 1 is 1.18 bits per heavy atom. The van der Waals surface area contributed by atoms with Crippen molar-refractivity contribution in [1.29, 1.82) is 5.26 Å². The molecular formula is C23H21F3N4O3S. The summed E-state index contributed by atoms with van der Waals surface area (Å²) < 4.78 is 68.6. The first kappa shape index (κ1) is 23.8. The summed E-state index contributed by atoms with van der Waals surface area (Å²) in [7, 11) is -3.85. The number of nitriles is 1. The number of amides is 1. The van der Waals surface area contributed by atoms with Crippen molar-refractivity contribution in [2.24, 2.45) is 10.3 Å². The second kappa shape index (κ2) is 9.10. The molecule has 2 aliphatic heterocycles. The van der Waals surface area contributed by atoms with E-state index in [2.05, 4.69) is 4.40 Å². The largest absolute Gasteiger partial charge is 0.406 e. The molecule has 0 spiro atoms. The standard InChI is InChI=1S/C23H21F3N4O3S/c24-23(25,26)15-30(13-17-9-7-16(12-27)8-10-17)22(31)18-4-3-11-29(14-18)21-19-5-1-2-6-20(19)34(32,33)28-21/h1-2,5-10,18H,3-4,11,13-15H2. The van der Waals surface area contributed by atoms with Gasteiger partial charge in [-0.25, -0.2) is 0 Å². The van der Waals surface area contributed by atoms with E-state index in [0.717, 1.165) is 4.90 Å². The van der Waals surface area contributed by atoms with Gasteiger partial charge in [0.05, 0.1) is 17.6 Å². The lowest BCUT2D eigenvalue weighted by molar-refractivity contribution is -0.165. The minimum Gasteiger partial charge on any atom is -0.355 e. The molecule has 1 unspecified atom stereocenters. The number of likely N-dealkylation sites (tertiary alicyclic amines) is 1. The lowest BCUT2D eigenvalue weighted by Crippen LogP contribution is -2.48. The number of fused-ring (bicyclic) bond motifs is 1. The first-order chi connectivity index (χ1) is 16.1. The van der Waals surface area contributed by atoms with E-state index in [1.54, 1.807) is 23.1 Å². The van der Waals surface area contributed by atoms with Crippen LogP contribution in [0, 0.1) is 17.2 Å². The Labute approximate surface area is 195 Å². The van der Waals surface area contributed by atoms with Gasteiger partial charge < -0.3 is 9.80 Å². The maximum absolute atomic E-state index is 13.3. The van der Waals surface area contributed by atoms with E-state index >= 15 is 0 Å². The summed E-state index contributed by atoms with van der Waals surface area (Å²) in [6, 6.07) is 14.3. The summed E-state index contributed by atoms with van der Waals surface area (Å²) in [4.78, 5) is 15.8. The van der Waals surface area contributed by atoms with E-state index < -0.39 is 34.6 Å². The summed E-state index contributed by atoms with van der Waals surface area (Å²) >= 11 is 0. The normalized spacial score (nSPS) is 19.2. The quantitative estimate of drug-likeness (QED) is 0.656. The van der Waals surface area contributed by atoms with Crippen molar-refractivity contribution in [3.63, 3.8) is 0 Å². The Balaban J connectivity index is 1.55. The topological polar surface area (TPSA) is 93.8 Å². The Hall–Kier alpha value is -3.39. The molecule has 0 N–H and O–H groups in total. The highest BCUT2D eigenvalue weighted by Gasteiger charge is 2.39. The van der Waals surface area contributed by atoms with Gasteiger partial charge in [0.2, 0.25) is 5.91 Å². The van der Waals surface area contributed by atoms with Crippen LogP contribution in [0.5, 0.6) is 0 Å². The monoisotopic (exact) mass is 490 g/mol. The average molecular weight is 491 g/mol. The molecule has 34 heavy (non-hydrogen) atoms. The van der Waals surface area contributed by atoms with Crippen molar-refractivity contribution in [1.82, 2.24) is 9.80 Å². The van der Waals surface area contributed by atoms with Gasteiger partial charge in [-0.1, -0.05) is 24.3 Å². The first-order valence-corrected chi connectivity index (χ1v) is 12.1. The third kappa shape index (κ3) is 5.07. The molecule has 2 aromatic rings. The zero-order valence-electron chi connectivity index (χ0n) is 18.0. The minimum atomic E-state index is -4.58. The van der Waals surface area contributed by atoms with Crippen LogP contribution in [0.25, 0.3) is 0 Å². The molecule has 2 aromatic carbocycles. The minimum absolute atomic E-state index is 0.0727. The van der Waals surface area contributed by atoms with E-state index in [-0.39, 0.29) is 23.8 Å². The lowest BCUT2D eigenvalue weighted by atomic mass is 9.95. The number of carbonyl (C=O) groups excluding carboxylic acids is 1. The molecule has 2 aliphatic rings. The molecular weight excluding hydrogens is 469 g/mol. The second-order valence-electron chi connectivity index (χ2n) is 8.29. The van der Waals surface area contributed by atoms with Gasteiger partial charge in [-0.3, -0.25) is 4.79 Å². The number of carbonyl (C=O) groups is 1. The van der Waals surface area contributed by atoms with Gasteiger partial charge >= 0.3 is 6.18 Å². The second-order valence-corrected chi connectivity index (χ2v) is 9.86. The van der Waals surface area contributed by atoms with Crippen molar-refractivity contribution >= 4 is 21.8 Å². The zero-order valence-corrected chi connectivity index (χ0v) is 18.8. The number of rotatable bonds is 4. The maximum atomic E-state index is 13.3. The first-order valence-electron chi connectivity index (χ1n) is 10.6. The van der Waals surface area contributed by atoms with Gasteiger partial charge in [-0.15, -0.1) is 4.40 Å². The number of amidine groups is 1. The molecule has 1 amide bonds.